The maximum absolute atomic E-state index is 11.5. The summed E-state index contributed by atoms with van der Waals surface area (Å²) in [5.74, 6) is 0.457. The van der Waals surface area contributed by atoms with E-state index in [1.807, 2.05) is 0 Å². The van der Waals surface area contributed by atoms with Crippen molar-refractivity contribution in [3.05, 3.63) is 0 Å². The van der Waals surface area contributed by atoms with E-state index in [0.717, 1.165) is 31.6 Å². The lowest BCUT2D eigenvalue weighted by atomic mass is 9.64. The van der Waals surface area contributed by atoms with Gasteiger partial charge >= 0.3 is 5.97 Å². The van der Waals surface area contributed by atoms with E-state index in [1.165, 1.54) is 25.7 Å². The Morgan fingerprint density at radius 3 is 2.58 bits per heavy atom. The second-order valence-corrected chi connectivity index (χ2v) is 7.26. The smallest absolute Gasteiger partial charge is 0.306 e. The third-order valence-electron chi connectivity index (χ3n) is 5.01. The molecule has 0 heterocycles. The summed E-state index contributed by atoms with van der Waals surface area (Å²) in [6.45, 7) is 9.08. The van der Waals surface area contributed by atoms with Gasteiger partial charge in [-0.2, -0.15) is 0 Å². The number of carboxylic acid groups (broad SMARTS) is 1. The van der Waals surface area contributed by atoms with Gasteiger partial charge in [0.05, 0.1) is 5.92 Å². The summed E-state index contributed by atoms with van der Waals surface area (Å²) in [6.07, 6.45) is 9.15. The summed E-state index contributed by atoms with van der Waals surface area (Å²) in [5, 5.41) is 9.44. The largest absolute Gasteiger partial charge is 0.481 e. The Balaban J connectivity index is 2.65. The standard InChI is InChI=1S/C17H32O2/c1-5-7-8-13(6-2)11-14-12-17(3,4)10-9-15(14)16(18)19/h13-15H,5-12H2,1-4H3,(H,18,19). The first kappa shape index (κ1) is 16.5. The van der Waals surface area contributed by atoms with Crippen LogP contribution in [-0.4, -0.2) is 11.1 Å². The fourth-order valence-corrected chi connectivity index (χ4v) is 3.72. The highest BCUT2D eigenvalue weighted by molar-refractivity contribution is 5.70. The molecule has 0 spiro atoms. The summed E-state index contributed by atoms with van der Waals surface area (Å²) in [6, 6.07) is 0. The molecule has 0 saturated heterocycles. The fraction of sp³-hybridized carbons (Fsp3) is 0.941. The first-order valence-corrected chi connectivity index (χ1v) is 8.12. The average molecular weight is 268 g/mol. The molecule has 0 bridgehead atoms. The SMILES string of the molecule is CCCCC(CC)CC1CC(C)(C)CCC1C(=O)O. The highest BCUT2D eigenvalue weighted by Gasteiger charge is 2.38. The zero-order valence-electron chi connectivity index (χ0n) is 13.2. The molecule has 1 saturated carbocycles. The average Bonchev–Trinajstić information content (AvgIpc) is 2.32. The van der Waals surface area contributed by atoms with E-state index in [9.17, 15) is 9.90 Å². The summed E-state index contributed by atoms with van der Waals surface area (Å²) in [7, 11) is 0. The minimum atomic E-state index is -0.564. The van der Waals surface area contributed by atoms with E-state index >= 15 is 0 Å². The van der Waals surface area contributed by atoms with Gasteiger partial charge in [0.25, 0.3) is 0 Å². The third kappa shape index (κ3) is 5.16. The van der Waals surface area contributed by atoms with Crippen molar-refractivity contribution < 1.29 is 9.90 Å². The minimum absolute atomic E-state index is 0.0938. The van der Waals surface area contributed by atoms with Crippen molar-refractivity contribution in [2.75, 3.05) is 0 Å². The van der Waals surface area contributed by atoms with Crippen LogP contribution < -0.4 is 0 Å². The predicted octanol–water partition coefficient (Wildman–Crippen LogP) is 5.12. The molecule has 2 nitrogen and oxygen atoms in total. The van der Waals surface area contributed by atoms with Crippen LogP contribution >= 0.6 is 0 Å². The lowest BCUT2D eigenvalue weighted by Gasteiger charge is -2.40. The van der Waals surface area contributed by atoms with Gasteiger partial charge < -0.3 is 5.11 Å². The highest BCUT2D eigenvalue weighted by atomic mass is 16.4. The van der Waals surface area contributed by atoms with Gasteiger partial charge in [0.1, 0.15) is 0 Å². The summed E-state index contributed by atoms with van der Waals surface area (Å²) in [5.41, 5.74) is 0.333. The number of rotatable bonds is 7. The molecule has 19 heavy (non-hydrogen) atoms. The highest BCUT2D eigenvalue weighted by Crippen LogP contribution is 2.45. The number of hydrogen-bond acceptors (Lipinski definition) is 1. The Hall–Kier alpha value is -0.530. The molecule has 2 heteroatoms. The van der Waals surface area contributed by atoms with Gasteiger partial charge in [-0.25, -0.2) is 0 Å². The summed E-state index contributed by atoms with van der Waals surface area (Å²) < 4.78 is 0. The van der Waals surface area contributed by atoms with Crippen LogP contribution in [-0.2, 0) is 4.79 Å². The predicted molar refractivity (Wildman–Crippen MR) is 80.2 cm³/mol. The number of aliphatic carboxylic acids is 1. The molecule has 0 aromatic carbocycles. The Kier molecular flexibility index (Phi) is 6.35. The molecule has 0 radical (unpaired) electrons. The topological polar surface area (TPSA) is 37.3 Å². The molecule has 0 aromatic heterocycles. The third-order valence-corrected chi connectivity index (χ3v) is 5.01. The first-order chi connectivity index (χ1) is 8.89. The van der Waals surface area contributed by atoms with Gasteiger partial charge in [0, 0.05) is 0 Å². The van der Waals surface area contributed by atoms with Crippen molar-refractivity contribution in [3.63, 3.8) is 0 Å². The number of hydrogen-bond donors (Lipinski definition) is 1. The quantitative estimate of drug-likeness (QED) is 0.695. The lowest BCUT2D eigenvalue weighted by Crippen LogP contribution is -2.35. The molecule has 1 aliphatic carbocycles. The number of unbranched alkanes of at least 4 members (excludes halogenated alkanes) is 1. The molecule has 3 atom stereocenters. The fourth-order valence-electron chi connectivity index (χ4n) is 3.72. The summed E-state index contributed by atoms with van der Waals surface area (Å²) in [4.78, 5) is 11.5. The minimum Gasteiger partial charge on any atom is -0.481 e. The molecule has 0 amide bonds. The Morgan fingerprint density at radius 2 is 2.05 bits per heavy atom. The van der Waals surface area contributed by atoms with Crippen molar-refractivity contribution in [2.24, 2.45) is 23.2 Å². The van der Waals surface area contributed by atoms with Gasteiger partial charge in [0.2, 0.25) is 0 Å². The Morgan fingerprint density at radius 1 is 1.37 bits per heavy atom. The maximum atomic E-state index is 11.5. The van der Waals surface area contributed by atoms with Crippen LogP contribution in [0.15, 0.2) is 0 Å². The van der Waals surface area contributed by atoms with Gasteiger partial charge in [-0.3, -0.25) is 4.79 Å². The molecule has 0 aliphatic heterocycles. The molecule has 1 aliphatic rings. The van der Waals surface area contributed by atoms with E-state index in [-0.39, 0.29) is 5.92 Å². The van der Waals surface area contributed by atoms with Gasteiger partial charge in [-0.1, -0.05) is 53.4 Å². The molecule has 3 unspecified atom stereocenters. The lowest BCUT2D eigenvalue weighted by molar-refractivity contribution is -0.146. The molecule has 1 rings (SSSR count). The Bertz CT molecular complexity index is 283. The first-order valence-electron chi connectivity index (χ1n) is 8.12. The van der Waals surface area contributed by atoms with E-state index in [2.05, 4.69) is 27.7 Å². The molecule has 1 fully saturated rings. The van der Waals surface area contributed by atoms with E-state index in [0.29, 0.717) is 11.3 Å². The van der Waals surface area contributed by atoms with Crippen LogP contribution in [0.5, 0.6) is 0 Å². The molecule has 0 aromatic rings. The van der Waals surface area contributed by atoms with Crippen molar-refractivity contribution in [3.8, 4) is 0 Å². The van der Waals surface area contributed by atoms with Gasteiger partial charge in [0.15, 0.2) is 0 Å². The van der Waals surface area contributed by atoms with Crippen LogP contribution in [0.1, 0.15) is 79.1 Å². The second-order valence-electron chi connectivity index (χ2n) is 7.26. The van der Waals surface area contributed by atoms with Crippen LogP contribution in [0.2, 0.25) is 0 Å². The van der Waals surface area contributed by atoms with E-state index in [4.69, 9.17) is 0 Å². The number of carboxylic acids is 1. The van der Waals surface area contributed by atoms with Gasteiger partial charge in [-0.15, -0.1) is 0 Å². The molecular formula is C17H32O2. The number of carbonyl (C=O) groups is 1. The molecule has 1 N–H and O–H groups in total. The van der Waals surface area contributed by atoms with Crippen molar-refractivity contribution in [1.29, 1.82) is 0 Å². The zero-order valence-corrected chi connectivity index (χ0v) is 13.2. The van der Waals surface area contributed by atoms with Crippen LogP contribution in [0.25, 0.3) is 0 Å². The van der Waals surface area contributed by atoms with Crippen molar-refractivity contribution in [2.45, 2.75) is 79.1 Å². The maximum Gasteiger partial charge on any atom is 0.306 e. The zero-order chi connectivity index (χ0) is 14.5. The molecule has 112 valence electrons. The molecular weight excluding hydrogens is 236 g/mol. The van der Waals surface area contributed by atoms with Gasteiger partial charge in [-0.05, 0) is 42.9 Å². The summed E-state index contributed by atoms with van der Waals surface area (Å²) >= 11 is 0. The Labute approximate surface area is 119 Å². The second kappa shape index (κ2) is 7.31. The van der Waals surface area contributed by atoms with Crippen LogP contribution in [0.3, 0.4) is 0 Å². The van der Waals surface area contributed by atoms with Crippen LogP contribution in [0.4, 0.5) is 0 Å². The van der Waals surface area contributed by atoms with Crippen molar-refractivity contribution in [1.82, 2.24) is 0 Å². The van der Waals surface area contributed by atoms with E-state index < -0.39 is 5.97 Å². The normalized spacial score (nSPS) is 28.0. The van der Waals surface area contributed by atoms with E-state index in [1.54, 1.807) is 0 Å². The van der Waals surface area contributed by atoms with Crippen LogP contribution in [0, 0.1) is 23.2 Å². The van der Waals surface area contributed by atoms with Crippen molar-refractivity contribution >= 4 is 5.97 Å². The monoisotopic (exact) mass is 268 g/mol.